The van der Waals surface area contributed by atoms with Gasteiger partial charge in [0.25, 0.3) is 5.91 Å². The molecule has 0 fully saturated rings. The normalized spacial score (nSPS) is 12.3. The van der Waals surface area contributed by atoms with Gasteiger partial charge < -0.3 is 9.72 Å². The van der Waals surface area contributed by atoms with Crippen molar-refractivity contribution in [2.24, 2.45) is 0 Å². The zero-order valence-corrected chi connectivity index (χ0v) is 13.9. The number of hydrogen-bond donors (Lipinski definition) is 1. The van der Waals surface area contributed by atoms with Gasteiger partial charge in [0.15, 0.2) is 0 Å². The molecule has 0 saturated heterocycles. The number of nitrogens with zero attached hydrogens (tertiary/aromatic N) is 2. The summed E-state index contributed by atoms with van der Waals surface area (Å²) >= 11 is 0. The maximum absolute atomic E-state index is 12.7. The Morgan fingerprint density at radius 2 is 1.91 bits per heavy atom. The lowest BCUT2D eigenvalue weighted by Gasteiger charge is -2.16. The molecule has 23 heavy (non-hydrogen) atoms. The summed E-state index contributed by atoms with van der Waals surface area (Å²) in [6, 6.07) is 11.9. The Hall–Kier alpha value is -2.62. The van der Waals surface area contributed by atoms with E-state index in [4.69, 9.17) is 0 Å². The van der Waals surface area contributed by atoms with E-state index in [1.54, 1.807) is 0 Å². The van der Waals surface area contributed by atoms with Gasteiger partial charge in [0.1, 0.15) is 5.65 Å². The molecule has 118 valence electrons. The van der Waals surface area contributed by atoms with Crippen molar-refractivity contribution in [1.82, 2.24) is 14.7 Å². The third-order valence-electron chi connectivity index (χ3n) is 4.19. The first-order valence-electron chi connectivity index (χ1n) is 7.79. The number of nitrogens with one attached hydrogen (secondary N) is 1. The van der Waals surface area contributed by atoms with E-state index in [1.165, 1.54) is 5.56 Å². The molecule has 1 aromatic carbocycles. The summed E-state index contributed by atoms with van der Waals surface area (Å²) in [7, 11) is 0. The summed E-state index contributed by atoms with van der Waals surface area (Å²) < 4.78 is 1.94. The highest BCUT2D eigenvalue weighted by molar-refractivity contribution is 6.00. The predicted octanol–water partition coefficient (Wildman–Crippen LogP) is 3.75. The number of amides is 1. The van der Waals surface area contributed by atoms with Crippen molar-refractivity contribution in [3.05, 3.63) is 70.7 Å². The Labute approximate surface area is 136 Å². The zero-order chi connectivity index (χ0) is 16.6. The molecule has 0 spiro atoms. The molecule has 4 heteroatoms. The fourth-order valence-corrected chi connectivity index (χ4v) is 3.00. The van der Waals surface area contributed by atoms with Crippen LogP contribution in [-0.2, 0) is 0 Å². The van der Waals surface area contributed by atoms with Crippen LogP contribution in [0.15, 0.2) is 42.6 Å². The summed E-state index contributed by atoms with van der Waals surface area (Å²) in [6.07, 6.45) is 1.89. The number of aryl methyl sites for hydroxylation is 3. The highest BCUT2D eigenvalue weighted by Gasteiger charge is 2.17. The molecule has 0 bridgehead atoms. The average molecular weight is 307 g/mol. The van der Waals surface area contributed by atoms with E-state index in [0.29, 0.717) is 11.2 Å². The highest BCUT2D eigenvalue weighted by atomic mass is 16.1. The van der Waals surface area contributed by atoms with E-state index < -0.39 is 0 Å². The minimum absolute atomic E-state index is 0.0513. The van der Waals surface area contributed by atoms with Gasteiger partial charge in [-0.15, -0.1) is 0 Å². The molecule has 0 radical (unpaired) electrons. The minimum Gasteiger partial charge on any atom is -0.345 e. The molecule has 0 aliphatic carbocycles. The quantitative estimate of drug-likeness (QED) is 0.801. The lowest BCUT2D eigenvalue weighted by molar-refractivity contribution is 0.0941. The van der Waals surface area contributed by atoms with Gasteiger partial charge in [-0.05, 0) is 51.0 Å². The number of aromatic nitrogens is 2. The average Bonchev–Trinajstić information content (AvgIpc) is 2.91. The zero-order valence-electron chi connectivity index (χ0n) is 13.9. The minimum atomic E-state index is -0.0965. The second-order valence-electron chi connectivity index (χ2n) is 6.01. The van der Waals surface area contributed by atoms with Crippen molar-refractivity contribution in [2.45, 2.75) is 33.7 Å². The molecule has 1 amide bonds. The Balaban J connectivity index is 1.91. The summed E-state index contributed by atoms with van der Waals surface area (Å²) in [4.78, 5) is 17.2. The van der Waals surface area contributed by atoms with Crippen LogP contribution in [0.25, 0.3) is 5.65 Å². The smallest absolute Gasteiger partial charge is 0.255 e. The monoisotopic (exact) mass is 307 g/mol. The lowest BCUT2D eigenvalue weighted by Crippen LogP contribution is -2.27. The summed E-state index contributed by atoms with van der Waals surface area (Å²) in [5, 5.41) is 3.08. The fourth-order valence-electron chi connectivity index (χ4n) is 3.00. The molecule has 0 aliphatic heterocycles. The number of fused-ring (bicyclic) bond motifs is 1. The van der Waals surface area contributed by atoms with E-state index in [0.717, 1.165) is 17.0 Å². The first-order valence-corrected chi connectivity index (χ1v) is 7.79. The maximum atomic E-state index is 12.7. The van der Waals surface area contributed by atoms with E-state index in [9.17, 15) is 4.79 Å². The third-order valence-corrected chi connectivity index (χ3v) is 4.19. The molecule has 2 heterocycles. The molecule has 0 saturated carbocycles. The molecular formula is C19H21N3O. The second kappa shape index (κ2) is 5.88. The number of carbonyl (C=O) groups is 1. The van der Waals surface area contributed by atoms with Crippen LogP contribution in [0, 0.1) is 20.8 Å². The molecule has 3 aromatic rings. The fraction of sp³-hybridized carbons (Fsp3) is 0.263. The third kappa shape index (κ3) is 2.84. The van der Waals surface area contributed by atoms with Crippen molar-refractivity contribution in [1.29, 1.82) is 0 Å². The Kier molecular flexibility index (Phi) is 3.90. The van der Waals surface area contributed by atoms with Crippen LogP contribution in [0.2, 0.25) is 0 Å². The molecule has 0 aliphatic rings. The van der Waals surface area contributed by atoms with Gasteiger partial charge in [-0.2, -0.15) is 0 Å². The number of carbonyl (C=O) groups excluding carboxylic acids is 1. The van der Waals surface area contributed by atoms with E-state index in [2.05, 4.69) is 23.3 Å². The van der Waals surface area contributed by atoms with Gasteiger partial charge in [-0.25, -0.2) is 4.98 Å². The van der Waals surface area contributed by atoms with E-state index in [-0.39, 0.29) is 11.9 Å². The van der Waals surface area contributed by atoms with Gasteiger partial charge in [0.2, 0.25) is 0 Å². The Morgan fingerprint density at radius 1 is 1.17 bits per heavy atom. The largest absolute Gasteiger partial charge is 0.345 e. The van der Waals surface area contributed by atoms with Crippen LogP contribution in [0.5, 0.6) is 0 Å². The van der Waals surface area contributed by atoms with Crippen molar-refractivity contribution in [3.63, 3.8) is 0 Å². The number of rotatable bonds is 3. The second-order valence-corrected chi connectivity index (χ2v) is 6.01. The molecule has 2 aromatic heterocycles. The van der Waals surface area contributed by atoms with E-state index in [1.807, 2.05) is 61.7 Å². The molecule has 0 unspecified atom stereocenters. The number of hydrogen-bond acceptors (Lipinski definition) is 2. The van der Waals surface area contributed by atoms with Gasteiger partial charge in [0.05, 0.1) is 11.6 Å². The highest BCUT2D eigenvalue weighted by Crippen LogP contribution is 2.19. The summed E-state index contributed by atoms with van der Waals surface area (Å²) in [6.45, 7) is 8.01. The van der Waals surface area contributed by atoms with Gasteiger partial charge in [-0.1, -0.05) is 24.3 Å². The van der Waals surface area contributed by atoms with Crippen LogP contribution in [0.4, 0.5) is 0 Å². The van der Waals surface area contributed by atoms with Crippen molar-refractivity contribution >= 4 is 11.6 Å². The summed E-state index contributed by atoms with van der Waals surface area (Å²) in [5.74, 6) is -0.0965. The first kappa shape index (κ1) is 15.3. The molecular weight excluding hydrogens is 286 g/mol. The van der Waals surface area contributed by atoms with Crippen LogP contribution >= 0.6 is 0 Å². The number of benzene rings is 1. The lowest BCUT2D eigenvalue weighted by atomic mass is 10.0. The Bertz CT molecular complexity index is 879. The van der Waals surface area contributed by atoms with Gasteiger partial charge in [0, 0.05) is 17.6 Å². The van der Waals surface area contributed by atoms with Crippen LogP contribution in [-0.4, -0.2) is 15.3 Å². The standard InChI is InChI=1S/C19H21N3O/c1-12-7-5-6-8-16(12)15(4)21-19(23)17-9-10-22-14(3)11-13(2)20-18(17)22/h5-11,15H,1-4H3,(H,21,23)/t15-/m0/s1. The maximum Gasteiger partial charge on any atom is 0.255 e. The SMILES string of the molecule is Cc1cc(C)n2ccc(C(=O)N[C@@H](C)c3ccccc3C)c2n1. The molecule has 1 atom stereocenters. The Morgan fingerprint density at radius 3 is 2.65 bits per heavy atom. The van der Waals surface area contributed by atoms with E-state index >= 15 is 0 Å². The van der Waals surface area contributed by atoms with Crippen molar-refractivity contribution < 1.29 is 4.79 Å². The predicted molar refractivity (Wildman–Crippen MR) is 91.7 cm³/mol. The summed E-state index contributed by atoms with van der Waals surface area (Å²) in [5.41, 5.74) is 5.60. The topological polar surface area (TPSA) is 46.4 Å². The first-order chi connectivity index (χ1) is 11.0. The molecule has 1 N–H and O–H groups in total. The molecule has 3 rings (SSSR count). The van der Waals surface area contributed by atoms with Crippen LogP contribution in [0.3, 0.4) is 0 Å². The van der Waals surface area contributed by atoms with Crippen molar-refractivity contribution in [3.8, 4) is 0 Å². The van der Waals surface area contributed by atoms with Gasteiger partial charge in [-0.3, -0.25) is 4.79 Å². The van der Waals surface area contributed by atoms with Crippen LogP contribution in [0.1, 0.15) is 45.8 Å². The van der Waals surface area contributed by atoms with Crippen LogP contribution < -0.4 is 5.32 Å². The molecule has 4 nitrogen and oxygen atoms in total. The van der Waals surface area contributed by atoms with Crippen molar-refractivity contribution in [2.75, 3.05) is 0 Å². The van der Waals surface area contributed by atoms with Gasteiger partial charge >= 0.3 is 0 Å².